The molecule has 0 atom stereocenters. The van der Waals surface area contributed by atoms with Gasteiger partial charge in [-0.2, -0.15) is 5.10 Å². The quantitative estimate of drug-likeness (QED) is 0.729. The Morgan fingerprint density at radius 2 is 2.23 bits per heavy atom. The minimum atomic E-state index is 0.670. The van der Waals surface area contributed by atoms with Gasteiger partial charge in [0.2, 0.25) is 0 Å². The van der Waals surface area contributed by atoms with Crippen LogP contribution in [0.4, 0.5) is 0 Å². The molecule has 0 spiro atoms. The molecule has 0 unspecified atom stereocenters. The number of aromatic nitrogens is 2. The number of nitrogens with one attached hydrogen (secondary N) is 1. The Labute approximate surface area is 83.0 Å². The summed E-state index contributed by atoms with van der Waals surface area (Å²) >= 11 is 5.06. The van der Waals surface area contributed by atoms with Crippen LogP contribution in [0.3, 0.4) is 0 Å². The van der Waals surface area contributed by atoms with Crippen LogP contribution in [0, 0.1) is 11.6 Å². The van der Waals surface area contributed by atoms with Gasteiger partial charge in [0.05, 0.1) is 5.69 Å². The van der Waals surface area contributed by atoms with E-state index in [1.807, 2.05) is 26.0 Å². The molecule has 0 aliphatic rings. The van der Waals surface area contributed by atoms with Crippen LogP contribution in [0.25, 0.3) is 12.2 Å². The molecule has 3 heteroatoms. The molecule has 0 fully saturated rings. The minimum Gasteiger partial charge on any atom is -0.267 e. The van der Waals surface area contributed by atoms with E-state index in [9.17, 15) is 0 Å². The van der Waals surface area contributed by atoms with Crippen molar-refractivity contribution in [2.45, 2.75) is 13.8 Å². The van der Waals surface area contributed by atoms with Crippen LogP contribution >= 0.6 is 12.2 Å². The Bertz CT molecular complexity index is 402. The van der Waals surface area contributed by atoms with Crippen LogP contribution in [0.2, 0.25) is 0 Å². The van der Waals surface area contributed by atoms with Crippen molar-refractivity contribution in [3.05, 3.63) is 34.1 Å². The maximum Gasteiger partial charge on any atom is 0.123 e. The molecule has 0 aliphatic carbocycles. The molecule has 0 aromatic carbocycles. The number of aromatic amines is 1. The fourth-order valence-corrected chi connectivity index (χ4v) is 1.27. The highest BCUT2D eigenvalue weighted by Crippen LogP contribution is 2.14. The summed E-state index contributed by atoms with van der Waals surface area (Å²) < 4.78 is 0.670. The third-order valence-corrected chi connectivity index (χ3v) is 2.22. The summed E-state index contributed by atoms with van der Waals surface area (Å²) in [6.07, 6.45) is 5.64. The number of hydrogen-bond acceptors (Lipinski definition) is 2. The van der Waals surface area contributed by atoms with Crippen LogP contribution in [-0.2, 0) is 0 Å². The van der Waals surface area contributed by atoms with Crippen LogP contribution in [0.15, 0.2) is 12.7 Å². The van der Waals surface area contributed by atoms with Gasteiger partial charge in [-0.15, -0.1) is 0 Å². The van der Waals surface area contributed by atoms with E-state index in [1.54, 1.807) is 6.08 Å². The first-order valence-corrected chi connectivity index (χ1v) is 4.46. The monoisotopic (exact) mass is 192 g/mol. The van der Waals surface area contributed by atoms with Gasteiger partial charge in [0, 0.05) is 5.56 Å². The Morgan fingerprint density at radius 1 is 1.54 bits per heavy atom. The van der Waals surface area contributed by atoms with Crippen molar-refractivity contribution in [2.24, 2.45) is 0 Å². The van der Waals surface area contributed by atoms with E-state index < -0.39 is 0 Å². The van der Waals surface area contributed by atoms with Crippen molar-refractivity contribution in [1.29, 1.82) is 0 Å². The predicted octanol–water partition coefficient (Wildman–Crippen LogP) is 3.12. The Hall–Kier alpha value is -1.22. The van der Waals surface area contributed by atoms with Crippen LogP contribution < -0.4 is 0 Å². The highest BCUT2D eigenvalue weighted by molar-refractivity contribution is 7.71. The fourth-order valence-electron chi connectivity index (χ4n) is 1.11. The fraction of sp³-hybridized carbons (Fsp3) is 0.200. The molecule has 68 valence electrons. The summed E-state index contributed by atoms with van der Waals surface area (Å²) in [7, 11) is 0. The molecule has 0 amide bonds. The highest BCUT2D eigenvalue weighted by atomic mass is 32.1. The normalized spacial score (nSPS) is 10.6. The largest absolute Gasteiger partial charge is 0.267 e. The van der Waals surface area contributed by atoms with E-state index >= 15 is 0 Å². The van der Waals surface area contributed by atoms with Gasteiger partial charge in [-0.05, 0) is 25.5 Å². The van der Waals surface area contributed by atoms with Gasteiger partial charge in [0.25, 0.3) is 0 Å². The molecule has 1 aromatic heterocycles. The van der Waals surface area contributed by atoms with Gasteiger partial charge in [-0.1, -0.05) is 30.9 Å². The number of allylic oxidation sites excluding steroid dienone is 1. The number of rotatable bonds is 2. The molecule has 1 rings (SSSR count). The van der Waals surface area contributed by atoms with E-state index in [0.29, 0.717) is 4.64 Å². The average molecular weight is 192 g/mol. The molecule has 2 nitrogen and oxygen atoms in total. The lowest BCUT2D eigenvalue weighted by atomic mass is 10.1. The van der Waals surface area contributed by atoms with Crippen molar-refractivity contribution >= 4 is 24.4 Å². The zero-order valence-corrected chi connectivity index (χ0v) is 8.61. The first-order valence-electron chi connectivity index (χ1n) is 4.05. The minimum absolute atomic E-state index is 0.670. The van der Waals surface area contributed by atoms with E-state index in [1.165, 1.54) is 0 Å². The molecule has 13 heavy (non-hydrogen) atoms. The predicted molar refractivity (Wildman–Crippen MR) is 59.0 cm³/mol. The Kier molecular flexibility index (Phi) is 3.14. The van der Waals surface area contributed by atoms with E-state index in [4.69, 9.17) is 12.2 Å². The van der Waals surface area contributed by atoms with Crippen LogP contribution in [-0.4, -0.2) is 10.2 Å². The molecular formula is C10H12N2S. The van der Waals surface area contributed by atoms with Gasteiger partial charge < -0.3 is 0 Å². The first kappa shape index (κ1) is 9.86. The van der Waals surface area contributed by atoms with Gasteiger partial charge in [0.1, 0.15) is 4.64 Å². The topological polar surface area (TPSA) is 28.7 Å². The Morgan fingerprint density at radius 3 is 2.77 bits per heavy atom. The summed E-state index contributed by atoms with van der Waals surface area (Å²) in [5.41, 5.74) is 2.90. The zero-order chi connectivity index (χ0) is 9.84. The van der Waals surface area contributed by atoms with E-state index in [-0.39, 0.29) is 0 Å². The molecule has 0 radical (unpaired) electrons. The first-order chi connectivity index (χ1) is 6.20. The standard InChI is InChI=1S/C10H12N2S/c1-4-6-9-8(5-2)7(3)10(13)12-11-9/h4-6H,2H2,1,3H3,(H,12,13)/b6-4-. The summed E-state index contributed by atoms with van der Waals surface area (Å²) in [4.78, 5) is 0. The molecule has 1 N–H and O–H groups in total. The molecular weight excluding hydrogens is 180 g/mol. The van der Waals surface area contributed by atoms with Gasteiger partial charge in [0.15, 0.2) is 0 Å². The number of hydrogen-bond donors (Lipinski definition) is 1. The summed E-state index contributed by atoms with van der Waals surface area (Å²) in [5.74, 6) is 0. The SMILES string of the molecule is C=Cc1c(/C=C\C)n[nH]c(=S)c1C. The highest BCUT2D eigenvalue weighted by Gasteiger charge is 2.02. The summed E-state index contributed by atoms with van der Waals surface area (Å²) in [6, 6.07) is 0. The average Bonchev–Trinajstić information content (AvgIpc) is 2.12. The van der Waals surface area contributed by atoms with Crippen molar-refractivity contribution in [1.82, 2.24) is 10.2 Å². The second kappa shape index (κ2) is 4.14. The van der Waals surface area contributed by atoms with Crippen LogP contribution in [0.5, 0.6) is 0 Å². The van der Waals surface area contributed by atoms with Gasteiger partial charge in [-0.25, -0.2) is 0 Å². The van der Waals surface area contributed by atoms with Crippen molar-refractivity contribution in [2.75, 3.05) is 0 Å². The number of nitrogens with zero attached hydrogens (tertiary/aromatic N) is 1. The van der Waals surface area contributed by atoms with Gasteiger partial charge >= 0.3 is 0 Å². The second-order valence-corrected chi connectivity index (χ2v) is 3.09. The zero-order valence-electron chi connectivity index (χ0n) is 7.79. The summed E-state index contributed by atoms with van der Waals surface area (Å²) in [6.45, 7) is 7.65. The van der Waals surface area contributed by atoms with Crippen molar-refractivity contribution < 1.29 is 0 Å². The third-order valence-electron chi connectivity index (χ3n) is 1.83. The van der Waals surface area contributed by atoms with E-state index in [2.05, 4.69) is 16.8 Å². The van der Waals surface area contributed by atoms with Crippen LogP contribution in [0.1, 0.15) is 23.7 Å². The van der Waals surface area contributed by atoms with Crippen molar-refractivity contribution in [3.63, 3.8) is 0 Å². The summed E-state index contributed by atoms with van der Waals surface area (Å²) in [5, 5.41) is 6.91. The maximum atomic E-state index is 5.06. The lowest BCUT2D eigenvalue weighted by Gasteiger charge is -2.03. The molecule has 1 heterocycles. The number of H-pyrrole nitrogens is 1. The molecule has 0 aliphatic heterocycles. The van der Waals surface area contributed by atoms with Gasteiger partial charge in [-0.3, -0.25) is 5.10 Å². The smallest absolute Gasteiger partial charge is 0.123 e. The van der Waals surface area contributed by atoms with Crippen molar-refractivity contribution in [3.8, 4) is 0 Å². The Balaban J connectivity index is 3.46. The lowest BCUT2D eigenvalue weighted by Crippen LogP contribution is -1.95. The van der Waals surface area contributed by atoms with E-state index in [0.717, 1.165) is 16.8 Å². The second-order valence-electron chi connectivity index (χ2n) is 2.68. The third kappa shape index (κ3) is 1.92. The maximum absolute atomic E-state index is 5.06. The molecule has 0 bridgehead atoms. The molecule has 0 saturated carbocycles. The molecule has 1 aromatic rings. The lowest BCUT2D eigenvalue weighted by molar-refractivity contribution is 0.980. The molecule has 0 saturated heterocycles.